The van der Waals surface area contributed by atoms with Crippen molar-refractivity contribution in [3.05, 3.63) is 11.6 Å². The molecule has 0 heteroatoms. The summed E-state index contributed by atoms with van der Waals surface area (Å²) < 4.78 is 0. The largest absolute Gasteiger partial charge is 0.0736 e. The van der Waals surface area contributed by atoms with Crippen LogP contribution in [0.25, 0.3) is 0 Å². The average molecular weight is 279 g/mol. The second kappa shape index (κ2) is 5.85. The van der Waals surface area contributed by atoms with Gasteiger partial charge in [0.25, 0.3) is 0 Å². The Kier molecular flexibility index (Phi) is 5.21. The van der Waals surface area contributed by atoms with Crippen molar-refractivity contribution >= 4 is 0 Å². The molecule has 0 amide bonds. The van der Waals surface area contributed by atoms with Crippen LogP contribution in [-0.4, -0.2) is 0 Å². The van der Waals surface area contributed by atoms with Crippen LogP contribution in [0.15, 0.2) is 11.6 Å². The van der Waals surface area contributed by atoms with Crippen LogP contribution in [-0.2, 0) is 0 Å². The number of rotatable bonds is 7. The Hall–Kier alpha value is -0.260. The zero-order chi connectivity index (χ0) is 15.9. The topological polar surface area (TPSA) is 0 Å². The molecule has 1 aliphatic carbocycles. The predicted octanol–water partition coefficient (Wildman–Crippen LogP) is 6.57. The molecule has 0 aromatic heterocycles. The minimum atomic E-state index is 0.355. The molecule has 0 nitrogen and oxygen atoms in total. The van der Waals surface area contributed by atoms with Gasteiger partial charge in [0.05, 0.1) is 0 Å². The van der Waals surface area contributed by atoms with Crippen molar-refractivity contribution < 1.29 is 0 Å². The van der Waals surface area contributed by atoms with Crippen molar-refractivity contribution in [2.24, 2.45) is 40.4 Å². The molecule has 0 bridgehead atoms. The Balaban J connectivity index is 2.97. The normalized spacial score (nSPS) is 29.9. The fraction of sp³-hybridized carbons (Fsp3) is 0.900. The van der Waals surface area contributed by atoms with Crippen LogP contribution in [0.5, 0.6) is 0 Å². The van der Waals surface area contributed by atoms with Crippen molar-refractivity contribution in [2.45, 2.75) is 75.7 Å². The van der Waals surface area contributed by atoms with Gasteiger partial charge in [0.15, 0.2) is 0 Å². The summed E-state index contributed by atoms with van der Waals surface area (Å²) in [4.78, 5) is 0. The fourth-order valence-corrected chi connectivity index (χ4v) is 4.05. The minimum Gasteiger partial charge on any atom is -0.0736 e. The van der Waals surface area contributed by atoms with E-state index in [-0.39, 0.29) is 0 Å². The van der Waals surface area contributed by atoms with E-state index in [1.807, 2.05) is 0 Å². The predicted molar refractivity (Wildman–Crippen MR) is 91.8 cm³/mol. The molecule has 0 spiro atoms. The summed E-state index contributed by atoms with van der Waals surface area (Å²) in [5.74, 6) is 3.78. The SMILES string of the molecule is CCC(C)(C(C)C(C)C(C)C)C1(C)C=C1C(C)C(C)C. The highest BCUT2D eigenvalue weighted by Gasteiger charge is 2.56. The molecule has 1 rings (SSSR count). The van der Waals surface area contributed by atoms with Crippen molar-refractivity contribution in [1.29, 1.82) is 0 Å². The summed E-state index contributed by atoms with van der Waals surface area (Å²) in [7, 11) is 0. The fourth-order valence-electron chi connectivity index (χ4n) is 4.05. The maximum atomic E-state index is 2.59. The van der Waals surface area contributed by atoms with Crippen LogP contribution in [0.3, 0.4) is 0 Å². The lowest BCUT2D eigenvalue weighted by molar-refractivity contribution is 0.0450. The van der Waals surface area contributed by atoms with Gasteiger partial charge in [-0.05, 0) is 41.4 Å². The quantitative estimate of drug-likeness (QED) is 0.462. The summed E-state index contributed by atoms with van der Waals surface area (Å²) in [5, 5.41) is 0. The number of allylic oxidation sites excluding steroid dienone is 2. The lowest BCUT2D eigenvalue weighted by Crippen LogP contribution is -2.40. The molecule has 5 unspecified atom stereocenters. The molecule has 0 saturated carbocycles. The van der Waals surface area contributed by atoms with E-state index in [9.17, 15) is 0 Å². The Labute approximate surface area is 128 Å². The maximum Gasteiger partial charge on any atom is 0.0125 e. The lowest BCUT2D eigenvalue weighted by atomic mass is 9.57. The van der Waals surface area contributed by atoms with Gasteiger partial charge in [0, 0.05) is 5.41 Å². The maximum absolute atomic E-state index is 2.59. The third kappa shape index (κ3) is 2.72. The van der Waals surface area contributed by atoms with Gasteiger partial charge >= 0.3 is 0 Å². The Morgan fingerprint density at radius 2 is 1.50 bits per heavy atom. The van der Waals surface area contributed by atoms with Crippen molar-refractivity contribution in [2.75, 3.05) is 0 Å². The van der Waals surface area contributed by atoms with Gasteiger partial charge in [0.2, 0.25) is 0 Å². The average Bonchev–Trinajstić information content (AvgIpc) is 3.08. The Morgan fingerprint density at radius 3 is 1.85 bits per heavy atom. The third-order valence-corrected chi connectivity index (χ3v) is 7.22. The highest BCUT2D eigenvalue weighted by atomic mass is 14.6. The molecule has 0 fully saturated rings. The number of hydrogen-bond acceptors (Lipinski definition) is 0. The molecule has 5 atom stereocenters. The van der Waals surface area contributed by atoms with E-state index in [2.05, 4.69) is 75.3 Å². The highest BCUT2D eigenvalue weighted by Crippen LogP contribution is 2.65. The first-order chi connectivity index (χ1) is 9.02. The monoisotopic (exact) mass is 278 g/mol. The van der Waals surface area contributed by atoms with Gasteiger partial charge in [-0.25, -0.2) is 0 Å². The van der Waals surface area contributed by atoms with E-state index in [4.69, 9.17) is 0 Å². The molecule has 0 aromatic carbocycles. The Morgan fingerprint density at radius 1 is 1.00 bits per heavy atom. The van der Waals surface area contributed by atoms with Gasteiger partial charge in [-0.15, -0.1) is 0 Å². The van der Waals surface area contributed by atoms with Gasteiger partial charge in [-0.1, -0.05) is 80.9 Å². The van der Waals surface area contributed by atoms with Crippen molar-refractivity contribution in [1.82, 2.24) is 0 Å². The molecular weight excluding hydrogens is 240 g/mol. The smallest absolute Gasteiger partial charge is 0.0125 e. The summed E-state index contributed by atoms with van der Waals surface area (Å²) in [6.07, 6.45) is 3.86. The van der Waals surface area contributed by atoms with Crippen LogP contribution in [0.1, 0.15) is 75.7 Å². The van der Waals surface area contributed by atoms with E-state index in [0.717, 1.165) is 29.6 Å². The van der Waals surface area contributed by atoms with Crippen molar-refractivity contribution in [3.63, 3.8) is 0 Å². The summed E-state index contributed by atoms with van der Waals surface area (Å²) >= 11 is 0. The zero-order valence-corrected chi connectivity index (χ0v) is 15.7. The van der Waals surface area contributed by atoms with E-state index in [1.54, 1.807) is 5.57 Å². The molecule has 0 aliphatic heterocycles. The molecule has 1 aliphatic rings. The molecule has 0 radical (unpaired) electrons. The highest BCUT2D eigenvalue weighted by molar-refractivity contribution is 5.43. The van der Waals surface area contributed by atoms with Crippen LogP contribution in [0.2, 0.25) is 0 Å². The molecule has 0 saturated heterocycles. The Bertz CT molecular complexity index is 362. The first kappa shape index (κ1) is 17.8. The summed E-state index contributed by atoms with van der Waals surface area (Å²) in [5.41, 5.74) is 2.48. The summed E-state index contributed by atoms with van der Waals surface area (Å²) in [6, 6.07) is 0. The van der Waals surface area contributed by atoms with Gasteiger partial charge in [0.1, 0.15) is 0 Å². The second-order valence-corrected chi connectivity index (χ2v) is 8.50. The van der Waals surface area contributed by atoms with Gasteiger partial charge < -0.3 is 0 Å². The molecular formula is C20H38. The number of hydrogen-bond donors (Lipinski definition) is 0. The standard InChI is InChI=1S/C20H38/c1-11-19(9,17(8)15(6)13(2)3)20(10)12-18(20)16(7)14(4)5/h12-17H,11H2,1-10H3. The second-order valence-electron chi connectivity index (χ2n) is 8.50. The summed E-state index contributed by atoms with van der Waals surface area (Å²) in [6.45, 7) is 24.2. The van der Waals surface area contributed by atoms with Gasteiger partial charge in [-0.3, -0.25) is 0 Å². The molecule has 0 heterocycles. The van der Waals surface area contributed by atoms with Gasteiger partial charge in [-0.2, -0.15) is 0 Å². The lowest BCUT2D eigenvalue weighted by Gasteiger charge is -2.47. The minimum absolute atomic E-state index is 0.355. The molecule has 0 aromatic rings. The zero-order valence-electron chi connectivity index (χ0n) is 15.7. The van der Waals surface area contributed by atoms with Crippen LogP contribution < -0.4 is 0 Å². The van der Waals surface area contributed by atoms with Crippen LogP contribution in [0.4, 0.5) is 0 Å². The van der Waals surface area contributed by atoms with Crippen LogP contribution in [0, 0.1) is 40.4 Å². The molecule has 20 heavy (non-hydrogen) atoms. The van der Waals surface area contributed by atoms with Crippen molar-refractivity contribution in [3.8, 4) is 0 Å². The van der Waals surface area contributed by atoms with Crippen LogP contribution >= 0.6 is 0 Å². The van der Waals surface area contributed by atoms with E-state index < -0.39 is 0 Å². The molecule has 118 valence electrons. The van der Waals surface area contributed by atoms with E-state index in [1.165, 1.54) is 6.42 Å². The third-order valence-electron chi connectivity index (χ3n) is 7.22. The van der Waals surface area contributed by atoms with E-state index in [0.29, 0.717) is 10.8 Å². The molecule has 0 N–H and O–H groups in total. The van der Waals surface area contributed by atoms with E-state index >= 15 is 0 Å². The first-order valence-electron chi connectivity index (χ1n) is 8.76. The first-order valence-corrected chi connectivity index (χ1v) is 8.76.